The van der Waals surface area contributed by atoms with Gasteiger partial charge in [0.05, 0.1) is 12.4 Å². The number of β-lactam (4-membered cyclic amide) rings is 1. The normalized spacial score (nSPS) is 22.1. The fourth-order valence-corrected chi connectivity index (χ4v) is 5.54. The highest BCUT2D eigenvalue weighted by molar-refractivity contribution is 7.92. The zero-order chi connectivity index (χ0) is 23.7. The van der Waals surface area contributed by atoms with Gasteiger partial charge in [-0.2, -0.15) is 0 Å². The van der Waals surface area contributed by atoms with Crippen molar-refractivity contribution in [2.75, 3.05) is 19.0 Å². The maximum atomic E-state index is 12.9. The second kappa shape index (κ2) is 9.03. The van der Waals surface area contributed by atoms with Crippen molar-refractivity contribution in [3.63, 3.8) is 0 Å². The molecule has 1 fully saturated rings. The molecular weight excluding hydrogens is 438 g/mol. The third kappa shape index (κ3) is 5.18. The van der Waals surface area contributed by atoms with Gasteiger partial charge in [-0.05, 0) is 32.8 Å². The van der Waals surface area contributed by atoms with Gasteiger partial charge in [0.2, 0.25) is 0 Å². The summed E-state index contributed by atoms with van der Waals surface area (Å²) in [5.41, 5.74) is -0.0848. The van der Waals surface area contributed by atoms with Crippen molar-refractivity contribution in [3.05, 3.63) is 47.2 Å². The Morgan fingerprint density at radius 3 is 2.41 bits per heavy atom. The zero-order valence-corrected chi connectivity index (χ0v) is 19.3. The Morgan fingerprint density at radius 1 is 1.16 bits per heavy atom. The van der Waals surface area contributed by atoms with Crippen LogP contribution in [0.25, 0.3) is 0 Å². The van der Waals surface area contributed by atoms with Gasteiger partial charge in [-0.15, -0.1) is 0 Å². The van der Waals surface area contributed by atoms with Crippen molar-refractivity contribution < 1.29 is 37.0 Å². The summed E-state index contributed by atoms with van der Waals surface area (Å²) < 4.78 is 41.8. The van der Waals surface area contributed by atoms with Crippen LogP contribution in [-0.2, 0) is 44.9 Å². The highest BCUT2D eigenvalue weighted by Gasteiger charge is 2.61. The largest absolute Gasteiger partial charge is 0.461 e. The van der Waals surface area contributed by atoms with E-state index in [2.05, 4.69) is 0 Å². The third-order valence-corrected chi connectivity index (χ3v) is 6.83. The smallest absolute Gasteiger partial charge is 0.355 e. The highest BCUT2D eigenvalue weighted by atomic mass is 32.2. The lowest BCUT2D eigenvalue weighted by molar-refractivity contribution is -0.169. The summed E-state index contributed by atoms with van der Waals surface area (Å²) in [5.74, 6) is -2.68. The number of ether oxygens (including phenoxy) is 3. The van der Waals surface area contributed by atoms with E-state index in [1.807, 2.05) is 30.3 Å². The number of sulfone groups is 1. The van der Waals surface area contributed by atoms with Crippen molar-refractivity contribution in [3.8, 4) is 0 Å². The predicted octanol–water partition coefficient (Wildman–Crippen LogP) is 1.37. The molecule has 2 aliphatic heterocycles. The van der Waals surface area contributed by atoms with Gasteiger partial charge in [0.1, 0.15) is 17.9 Å². The number of hydrogen-bond donors (Lipinski definition) is 0. The number of nitrogens with zero attached hydrogens (tertiary/aromatic N) is 1. The second-order valence-corrected chi connectivity index (χ2v) is 10.8. The van der Waals surface area contributed by atoms with Gasteiger partial charge < -0.3 is 14.2 Å². The third-order valence-electron chi connectivity index (χ3n) is 4.89. The Labute approximate surface area is 187 Å². The fourth-order valence-electron chi connectivity index (χ4n) is 3.56. The zero-order valence-electron chi connectivity index (χ0n) is 18.5. The van der Waals surface area contributed by atoms with Crippen molar-refractivity contribution in [1.29, 1.82) is 0 Å². The Balaban J connectivity index is 1.84. The van der Waals surface area contributed by atoms with E-state index in [1.54, 1.807) is 20.8 Å². The molecule has 1 amide bonds. The van der Waals surface area contributed by atoms with Gasteiger partial charge >= 0.3 is 11.9 Å². The number of esters is 2. The summed E-state index contributed by atoms with van der Waals surface area (Å²) in [4.78, 5) is 37.9. The molecule has 1 aromatic rings. The molecule has 1 aromatic carbocycles. The molecule has 9 nitrogen and oxygen atoms in total. The SMILES string of the molecule is CC(=O)OCC1=C(C(=O)OC(C)(C)C)N2C(=O)[C@H](OCCc3ccccc3)[C@H]2S(=O)(=O)C1. The number of hydrogen-bond acceptors (Lipinski definition) is 8. The van der Waals surface area contributed by atoms with E-state index >= 15 is 0 Å². The number of carbonyl (C=O) groups is 3. The molecule has 10 heteroatoms. The van der Waals surface area contributed by atoms with E-state index in [9.17, 15) is 22.8 Å². The molecule has 2 aliphatic rings. The number of carbonyl (C=O) groups excluding carboxylic acids is 3. The molecule has 0 spiro atoms. The average Bonchev–Trinajstić information content (AvgIpc) is 2.68. The molecule has 0 aromatic heterocycles. The average molecular weight is 466 g/mol. The summed E-state index contributed by atoms with van der Waals surface area (Å²) in [6, 6.07) is 9.43. The Morgan fingerprint density at radius 2 is 1.81 bits per heavy atom. The first-order chi connectivity index (χ1) is 14.9. The monoisotopic (exact) mass is 465 g/mol. The molecule has 0 unspecified atom stereocenters. The van der Waals surface area contributed by atoms with Crippen LogP contribution in [-0.4, -0.2) is 67.2 Å². The maximum Gasteiger partial charge on any atom is 0.355 e. The maximum absolute atomic E-state index is 12.9. The van der Waals surface area contributed by atoms with E-state index in [1.165, 1.54) is 6.92 Å². The molecule has 174 valence electrons. The molecule has 0 N–H and O–H groups in total. The van der Waals surface area contributed by atoms with E-state index in [4.69, 9.17) is 14.2 Å². The fraction of sp³-hybridized carbons (Fsp3) is 0.500. The molecule has 32 heavy (non-hydrogen) atoms. The van der Waals surface area contributed by atoms with Gasteiger partial charge in [-0.25, -0.2) is 13.2 Å². The number of rotatable bonds is 7. The van der Waals surface area contributed by atoms with Crippen molar-refractivity contribution in [1.82, 2.24) is 4.90 Å². The van der Waals surface area contributed by atoms with Gasteiger partial charge in [-0.1, -0.05) is 30.3 Å². The molecule has 0 bridgehead atoms. The van der Waals surface area contributed by atoms with Crippen molar-refractivity contribution in [2.45, 2.75) is 51.2 Å². The minimum absolute atomic E-state index is 0.00165. The van der Waals surface area contributed by atoms with Crippen molar-refractivity contribution in [2.24, 2.45) is 0 Å². The summed E-state index contributed by atoms with van der Waals surface area (Å²) in [7, 11) is -3.89. The van der Waals surface area contributed by atoms with Crippen LogP contribution < -0.4 is 0 Å². The van der Waals surface area contributed by atoms with Crippen LogP contribution in [0.5, 0.6) is 0 Å². The molecular formula is C22H27NO8S. The Kier molecular flexibility index (Phi) is 6.75. The molecule has 2 heterocycles. The van der Waals surface area contributed by atoms with Crippen LogP contribution in [0, 0.1) is 0 Å². The molecule has 0 aliphatic carbocycles. The highest BCUT2D eigenvalue weighted by Crippen LogP contribution is 2.39. The predicted molar refractivity (Wildman–Crippen MR) is 114 cm³/mol. The lowest BCUT2D eigenvalue weighted by atomic mass is 10.0. The van der Waals surface area contributed by atoms with Gasteiger partial charge in [0.15, 0.2) is 21.3 Å². The number of amides is 1. The Hall–Kier alpha value is -2.72. The summed E-state index contributed by atoms with van der Waals surface area (Å²) in [5, 5.41) is -1.32. The standard InChI is InChI=1S/C22H27NO8S/c1-14(24)30-12-16-13-32(27,28)20-18(29-11-10-15-8-6-5-7-9-15)19(25)23(20)17(16)21(26)31-22(2,3)4/h5-9,18,20H,10-13H2,1-4H3/t18-,20+/m0/s1. The van der Waals surface area contributed by atoms with Crippen LogP contribution in [0.2, 0.25) is 0 Å². The topological polar surface area (TPSA) is 116 Å². The Bertz CT molecular complexity index is 1040. The summed E-state index contributed by atoms with van der Waals surface area (Å²) in [6.45, 7) is 5.84. The molecule has 3 rings (SSSR count). The molecule has 1 saturated heterocycles. The minimum Gasteiger partial charge on any atom is -0.461 e. The molecule has 0 saturated carbocycles. The quantitative estimate of drug-likeness (QED) is 0.438. The summed E-state index contributed by atoms with van der Waals surface area (Å²) >= 11 is 0. The first-order valence-electron chi connectivity index (χ1n) is 10.2. The van der Waals surface area contributed by atoms with E-state index in [0.29, 0.717) is 6.42 Å². The van der Waals surface area contributed by atoms with Crippen molar-refractivity contribution >= 4 is 27.7 Å². The van der Waals surface area contributed by atoms with Gasteiger partial charge in [-0.3, -0.25) is 14.5 Å². The van der Waals surface area contributed by atoms with Crippen LogP contribution in [0.4, 0.5) is 0 Å². The van der Waals surface area contributed by atoms with Crippen LogP contribution in [0.1, 0.15) is 33.3 Å². The lowest BCUT2D eigenvalue weighted by Gasteiger charge is -2.49. The first-order valence-corrected chi connectivity index (χ1v) is 11.9. The van der Waals surface area contributed by atoms with E-state index in [0.717, 1.165) is 10.5 Å². The van der Waals surface area contributed by atoms with E-state index in [-0.39, 0.29) is 17.9 Å². The van der Waals surface area contributed by atoms with E-state index < -0.39 is 57.1 Å². The minimum atomic E-state index is -3.89. The molecule has 2 atom stereocenters. The first kappa shape index (κ1) is 23.9. The second-order valence-electron chi connectivity index (χ2n) is 8.67. The number of fused-ring (bicyclic) bond motifs is 1. The molecule has 0 radical (unpaired) electrons. The summed E-state index contributed by atoms with van der Waals surface area (Å²) in [6.07, 6.45) is -0.708. The van der Waals surface area contributed by atoms with Crippen LogP contribution >= 0.6 is 0 Å². The van der Waals surface area contributed by atoms with Gasteiger partial charge in [0.25, 0.3) is 5.91 Å². The van der Waals surface area contributed by atoms with Crippen LogP contribution in [0.15, 0.2) is 41.6 Å². The van der Waals surface area contributed by atoms with Gasteiger partial charge in [0, 0.05) is 12.5 Å². The lowest BCUT2D eigenvalue weighted by Crippen LogP contribution is -2.71. The number of benzene rings is 1. The van der Waals surface area contributed by atoms with Crippen LogP contribution in [0.3, 0.4) is 0 Å².